The number of anilines is 1. The van der Waals surface area contributed by atoms with Crippen LogP contribution in [0, 0.1) is 0 Å². The van der Waals surface area contributed by atoms with Gasteiger partial charge in [0.2, 0.25) is 6.79 Å². The quantitative estimate of drug-likeness (QED) is 0.490. The summed E-state index contributed by atoms with van der Waals surface area (Å²) in [4.78, 5) is 18.3. The van der Waals surface area contributed by atoms with Crippen LogP contribution in [-0.2, 0) is 13.0 Å². The number of amides is 2. The van der Waals surface area contributed by atoms with Crippen molar-refractivity contribution in [3.63, 3.8) is 0 Å². The van der Waals surface area contributed by atoms with Gasteiger partial charge in [-0.15, -0.1) is 10.2 Å². The summed E-state index contributed by atoms with van der Waals surface area (Å²) in [5, 5.41) is 17.6. The van der Waals surface area contributed by atoms with Crippen LogP contribution in [0.3, 0.4) is 0 Å². The molecule has 0 fully saturated rings. The van der Waals surface area contributed by atoms with Crippen LogP contribution >= 0.6 is 0 Å². The Bertz CT molecular complexity index is 1250. The number of aromatic nitrogens is 6. The van der Waals surface area contributed by atoms with Gasteiger partial charge in [0.25, 0.3) is 0 Å². The molecule has 11 heteroatoms. The average Bonchev–Trinajstić information content (AvgIpc) is 3.51. The third-order valence-corrected chi connectivity index (χ3v) is 4.82. The minimum absolute atomic E-state index is 0.225. The lowest BCUT2D eigenvalue weighted by Crippen LogP contribution is -2.30. The number of urea groups is 1. The van der Waals surface area contributed by atoms with Crippen LogP contribution in [0.5, 0.6) is 11.5 Å². The summed E-state index contributed by atoms with van der Waals surface area (Å²) in [6, 6.07) is 9.31. The van der Waals surface area contributed by atoms with Crippen LogP contribution in [0.4, 0.5) is 10.6 Å². The topological polar surface area (TPSA) is 120 Å². The Labute approximate surface area is 177 Å². The number of carbonyl (C=O) groups is 1. The number of imidazole rings is 1. The number of carbonyl (C=O) groups excluding carboxylic acids is 1. The summed E-state index contributed by atoms with van der Waals surface area (Å²) >= 11 is 0. The van der Waals surface area contributed by atoms with Gasteiger partial charge in [-0.3, -0.25) is 5.32 Å². The highest BCUT2D eigenvalue weighted by molar-refractivity contribution is 5.89. The molecule has 0 bridgehead atoms. The smallest absolute Gasteiger partial charge is 0.320 e. The van der Waals surface area contributed by atoms with Gasteiger partial charge in [-0.1, -0.05) is 6.07 Å². The first-order chi connectivity index (χ1) is 15.2. The first-order valence-electron chi connectivity index (χ1n) is 9.89. The van der Waals surface area contributed by atoms with Crippen molar-refractivity contribution in [2.75, 3.05) is 18.7 Å². The van der Waals surface area contributed by atoms with Gasteiger partial charge in [0.1, 0.15) is 5.65 Å². The van der Waals surface area contributed by atoms with Crippen molar-refractivity contribution in [1.29, 1.82) is 0 Å². The number of rotatable bonds is 6. The van der Waals surface area contributed by atoms with E-state index in [9.17, 15) is 4.79 Å². The molecule has 31 heavy (non-hydrogen) atoms. The molecule has 0 radical (unpaired) electrons. The summed E-state index contributed by atoms with van der Waals surface area (Å²) in [6.45, 7) is 3.20. The van der Waals surface area contributed by atoms with E-state index in [0.29, 0.717) is 36.9 Å². The summed E-state index contributed by atoms with van der Waals surface area (Å²) in [6.07, 6.45) is 4.14. The second kappa shape index (κ2) is 7.94. The van der Waals surface area contributed by atoms with Crippen molar-refractivity contribution in [2.24, 2.45) is 0 Å². The lowest BCUT2D eigenvalue weighted by Gasteiger charge is -2.05. The van der Waals surface area contributed by atoms with Gasteiger partial charge in [-0.25, -0.2) is 9.78 Å². The second-order valence-corrected chi connectivity index (χ2v) is 6.87. The van der Waals surface area contributed by atoms with Gasteiger partial charge in [-0.2, -0.15) is 4.80 Å². The van der Waals surface area contributed by atoms with E-state index in [0.717, 1.165) is 22.5 Å². The van der Waals surface area contributed by atoms with E-state index in [1.54, 1.807) is 6.20 Å². The molecule has 0 saturated heterocycles. The first kappa shape index (κ1) is 18.9. The fraction of sp³-hybridized carbons (Fsp3) is 0.250. The Balaban J connectivity index is 1.27. The van der Waals surface area contributed by atoms with Crippen molar-refractivity contribution in [3.8, 4) is 22.6 Å². The van der Waals surface area contributed by atoms with Crippen LogP contribution < -0.4 is 20.1 Å². The monoisotopic (exact) mass is 420 g/mol. The number of fused-ring (bicyclic) bond motifs is 2. The Hall–Kier alpha value is -4.15. The minimum Gasteiger partial charge on any atom is -0.454 e. The van der Waals surface area contributed by atoms with Gasteiger partial charge in [0.05, 0.1) is 12.7 Å². The number of tetrazole rings is 1. The molecular weight excluding hydrogens is 400 g/mol. The molecule has 4 heterocycles. The maximum atomic E-state index is 12.3. The largest absolute Gasteiger partial charge is 0.454 e. The summed E-state index contributed by atoms with van der Waals surface area (Å²) < 4.78 is 12.7. The average molecular weight is 420 g/mol. The zero-order valence-electron chi connectivity index (χ0n) is 16.8. The molecule has 0 aliphatic carbocycles. The number of nitrogens with one attached hydrogen (secondary N) is 2. The summed E-state index contributed by atoms with van der Waals surface area (Å²) in [7, 11) is 0. The molecule has 1 aliphatic rings. The molecule has 1 aromatic carbocycles. The third-order valence-electron chi connectivity index (χ3n) is 4.82. The van der Waals surface area contributed by atoms with E-state index in [1.165, 1.54) is 4.80 Å². The summed E-state index contributed by atoms with van der Waals surface area (Å²) in [5.41, 5.74) is 2.58. The van der Waals surface area contributed by atoms with Gasteiger partial charge < -0.3 is 19.2 Å². The molecule has 0 saturated carbocycles. The Kier molecular flexibility index (Phi) is 4.83. The zero-order valence-corrected chi connectivity index (χ0v) is 16.8. The van der Waals surface area contributed by atoms with E-state index in [1.807, 2.05) is 47.9 Å². The number of ether oxygens (including phenoxy) is 2. The molecular formula is C20H20N8O3. The number of benzene rings is 1. The highest BCUT2D eigenvalue weighted by Crippen LogP contribution is 2.37. The van der Waals surface area contributed by atoms with Crippen LogP contribution in [0.15, 0.2) is 42.7 Å². The SMILES string of the molecule is CCn1nnc(CCNC(=O)Nc2cn3cccc(-c4ccc5c(c4)OCO5)c3n2)n1. The molecule has 158 valence electrons. The van der Waals surface area contributed by atoms with Crippen molar-refractivity contribution in [3.05, 3.63) is 48.5 Å². The van der Waals surface area contributed by atoms with Crippen LogP contribution in [-0.4, -0.2) is 49.0 Å². The first-order valence-corrected chi connectivity index (χ1v) is 9.89. The number of hydrogen-bond acceptors (Lipinski definition) is 7. The molecule has 2 N–H and O–H groups in total. The van der Waals surface area contributed by atoms with Crippen molar-refractivity contribution >= 4 is 17.5 Å². The second-order valence-electron chi connectivity index (χ2n) is 6.87. The predicted molar refractivity (Wildman–Crippen MR) is 111 cm³/mol. The Morgan fingerprint density at radius 3 is 3.00 bits per heavy atom. The Morgan fingerprint density at radius 1 is 1.23 bits per heavy atom. The van der Waals surface area contributed by atoms with E-state index in [2.05, 4.69) is 31.0 Å². The van der Waals surface area contributed by atoms with Crippen LogP contribution in [0.25, 0.3) is 16.8 Å². The molecule has 5 rings (SSSR count). The Morgan fingerprint density at radius 2 is 2.13 bits per heavy atom. The van der Waals surface area contributed by atoms with Crippen molar-refractivity contribution < 1.29 is 14.3 Å². The minimum atomic E-state index is -0.351. The number of pyridine rings is 1. The summed E-state index contributed by atoms with van der Waals surface area (Å²) in [5.74, 6) is 2.46. The standard InChI is InChI=1S/C20H20N8O3/c1-2-28-25-17(24-26-28)7-8-21-20(29)23-18-11-27-9-3-4-14(19(27)22-18)13-5-6-15-16(10-13)31-12-30-15/h3-6,9-11H,2,7-8,12H2,1H3,(H2,21,23,29). The van der Waals surface area contributed by atoms with Crippen molar-refractivity contribution in [1.82, 2.24) is 34.9 Å². The lowest BCUT2D eigenvalue weighted by molar-refractivity contribution is 0.174. The van der Waals surface area contributed by atoms with Gasteiger partial charge >= 0.3 is 6.03 Å². The number of nitrogens with zero attached hydrogens (tertiary/aromatic N) is 6. The molecule has 1 aliphatic heterocycles. The molecule has 2 amide bonds. The number of hydrogen-bond donors (Lipinski definition) is 2. The maximum Gasteiger partial charge on any atom is 0.320 e. The van der Waals surface area contributed by atoms with Crippen LogP contribution in [0.1, 0.15) is 12.7 Å². The molecule has 0 spiro atoms. The third kappa shape index (κ3) is 3.84. The van der Waals surface area contributed by atoms with E-state index >= 15 is 0 Å². The van der Waals surface area contributed by atoms with Crippen LogP contribution in [0.2, 0.25) is 0 Å². The highest BCUT2D eigenvalue weighted by Gasteiger charge is 2.16. The predicted octanol–water partition coefficient (Wildman–Crippen LogP) is 2.10. The van der Waals surface area contributed by atoms with E-state index < -0.39 is 0 Å². The zero-order chi connectivity index (χ0) is 21.2. The van der Waals surface area contributed by atoms with Gasteiger partial charge in [0, 0.05) is 24.7 Å². The molecule has 0 atom stereocenters. The molecule has 0 unspecified atom stereocenters. The number of aryl methyl sites for hydroxylation is 1. The van der Waals surface area contributed by atoms with E-state index in [-0.39, 0.29) is 12.8 Å². The lowest BCUT2D eigenvalue weighted by atomic mass is 10.1. The van der Waals surface area contributed by atoms with Crippen molar-refractivity contribution in [2.45, 2.75) is 19.9 Å². The fourth-order valence-electron chi connectivity index (χ4n) is 3.32. The normalized spacial score (nSPS) is 12.3. The molecule has 4 aromatic rings. The van der Waals surface area contributed by atoms with Gasteiger partial charge in [0.15, 0.2) is 23.1 Å². The molecule has 3 aromatic heterocycles. The molecule has 11 nitrogen and oxygen atoms in total. The maximum absolute atomic E-state index is 12.3. The van der Waals surface area contributed by atoms with Gasteiger partial charge in [-0.05, 0) is 42.0 Å². The van der Waals surface area contributed by atoms with E-state index in [4.69, 9.17) is 9.47 Å². The fourth-order valence-corrected chi connectivity index (χ4v) is 3.32. The highest BCUT2D eigenvalue weighted by atomic mass is 16.7.